The Morgan fingerprint density at radius 2 is 2.25 bits per heavy atom. The van der Waals surface area contributed by atoms with Gasteiger partial charge >= 0.3 is 0 Å². The molecule has 0 spiro atoms. The second-order valence-corrected chi connectivity index (χ2v) is 5.01. The summed E-state index contributed by atoms with van der Waals surface area (Å²) in [5.41, 5.74) is 0. The van der Waals surface area contributed by atoms with Gasteiger partial charge in [-0.2, -0.15) is 0 Å². The Bertz CT molecular complexity index is 361. The van der Waals surface area contributed by atoms with E-state index in [9.17, 15) is 4.79 Å². The van der Waals surface area contributed by atoms with Crippen LogP contribution in [0.15, 0.2) is 16.5 Å². The molecule has 1 fully saturated rings. The third-order valence-corrected chi connectivity index (χ3v) is 3.06. The first-order valence-corrected chi connectivity index (χ1v) is 6.56. The van der Waals surface area contributed by atoms with Crippen molar-refractivity contribution in [1.29, 1.82) is 0 Å². The monoisotopic (exact) mass is 334 g/mol. The van der Waals surface area contributed by atoms with Crippen LogP contribution in [0.3, 0.4) is 0 Å². The van der Waals surface area contributed by atoms with Gasteiger partial charge in [0.25, 0.3) is 0 Å². The molecule has 0 bridgehead atoms. The molecular weight excluding hydrogens is 319 g/mol. The molecule has 1 amide bonds. The Labute approximate surface area is 108 Å². The molecule has 1 heterocycles. The SMILES string of the molecule is O=C(NCCNCc1ccc(I)o1)C1CC1. The van der Waals surface area contributed by atoms with Crippen LogP contribution in [0, 0.1) is 9.68 Å². The Hall–Kier alpha value is -0.560. The Kier molecular flexibility index (Phi) is 4.22. The fourth-order valence-electron chi connectivity index (χ4n) is 1.42. The lowest BCUT2D eigenvalue weighted by Gasteiger charge is -2.04. The average Bonchev–Trinajstić information content (AvgIpc) is 3.03. The quantitative estimate of drug-likeness (QED) is 0.612. The largest absolute Gasteiger partial charge is 0.454 e. The lowest BCUT2D eigenvalue weighted by atomic mass is 10.4. The van der Waals surface area contributed by atoms with Crippen molar-refractivity contribution in [1.82, 2.24) is 10.6 Å². The first-order chi connectivity index (χ1) is 7.75. The fraction of sp³-hybridized carbons (Fsp3) is 0.545. The molecule has 4 nitrogen and oxygen atoms in total. The average molecular weight is 334 g/mol. The van der Waals surface area contributed by atoms with Crippen LogP contribution in [-0.2, 0) is 11.3 Å². The van der Waals surface area contributed by atoms with E-state index in [0.29, 0.717) is 19.0 Å². The van der Waals surface area contributed by atoms with Crippen LogP contribution in [-0.4, -0.2) is 19.0 Å². The Balaban J connectivity index is 1.53. The van der Waals surface area contributed by atoms with Gasteiger partial charge in [-0.15, -0.1) is 0 Å². The van der Waals surface area contributed by atoms with E-state index in [4.69, 9.17) is 4.42 Å². The van der Waals surface area contributed by atoms with Gasteiger partial charge in [0.2, 0.25) is 5.91 Å². The highest BCUT2D eigenvalue weighted by Gasteiger charge is 2.28. The highest BCUT2D eigenvalue weighted by Crippen LogP contribution is 2.28. The standard InChI is InChI=1S/C11H15IN2O2/c12-10-4-3-9(16-10)7-13-5-6-14-11(15)8-1-2-8/h3-4,8,13H,1-2,5-7H2,(H,14,15). The maximum Gasteiger partial charge on any atom is 0.223 e. The second kappa shape index (κ2) is 5.67. The third-order valence-electron chi connectivity index (χ3n) is 2.48. The molecule has 2 rings (SSSR count). The minimum absolute atomic E-state index is 0.203. The second-order valence-electron chi connectivity index (χ2n) is 3.95. The summed E-state index contributed by atoms with van der Waals surface area (Å²) in [4.78, 5) is 11.3. The van der Waals surface area contributed by atoms with Crippen molar-refractivity contribution in [3.8, 4) is 0 Å². The molecule has 1 aromatic rings. The fourth-order valence-corrected chi connectivity index (χ4v) is 1.88. The molecular formula is C11H15IN2O2. The first-order valence-electron chi connectivity index (χ1n) is 5.48. The summed E-state index contributed by atoms with van der Waals surface area (Å²) >= 11 is 2.14. The normalized spacial score (nSPS) is 15.1. The number of carbonyl (C=O) groups is 1. The third kappa shape index (κ3) is 3.79. The van der Waals surface area contributed by atoms with Gasteiger partial charge in [-0.3, -0.25) is 4.79 Å². The highest BCUT2D eigenvalue weighted by atomic mass is 127. The number of amides is 1. The van der Waals surface area contributed by atoms with Gasteiger partial charge in [0.05, 0.1) is 6.54 Å². The molecule has 0 aromatic carbocycles. The van der Waals surface area contributed by atoms with Crippen molar-refractivity contribution in [2.75, 3.05) is 13.1 Å². The topological polar surface area (TPSA) is 54.3 Å². The van der Waals surface area contributed by atoms with E-state index in [2.05, 4.69) is 33.2 Å². The van der Waals surface area contributed by atoms with Gasteiger partial charge in [0, 0.05) is 19.0 Å². The molecule has 0 saturated heterocycles. The van der Waals surface area contributed by atoms with Gasteiger partial charge in [0.15, 0.2) is 3.77 Å². The van der Waals surface area contributed by atoms with Crippen LogP contribution < -0.4 is 10.6 Å². The van der Waals surface area contributed by atoms with Crippen molar-refractivity contribution < 1.29 is 9.21 Å². The number of carbonyl (C=O) groups excluding carboxylic acids is 1. The molecule has 1 aliphatic rings. The van der Waals surface area contributed by atoms with Gasteiger partial charge in [-0.1, -0.05) is 0 Å². The summed E-state index contributed by atoms with van der Waals surface area (Å²) in [5.74, 6) is 1.43. The predicted molar refractivity (Wildman–Crippen MR) is 68.9 cm³/mol. The van der Waals surface area contributed by atoms with E-state index in [1.54, 1.807) is 0 Å². The van der Waals surface area contributed by atoms with Gasteiger partial charge < -0.3 is 15.1 Å². The Morgan fingerprint density at radius 3 is 2.88 bits per heavy atom. The van der Waals surface area contributed by atoms with E-state index in [1.807, 2.05) is 12.1 Å². The van der Waals surface area contributed by atoms with E-state index < -0.39 is 0 Å². The molecule has 2 N–H and O–H groups in total. The zero-order chi connectivity index (χ0) is 11.4. The molecule has 0 radical (unpaired) electrons. The Morgan fingerprint density at radius 1 is 1.44 bits per heavy atom. The minimum Gasteiger partial charge on any atom is -0.454 e. The summed E-state index contributed by atoms with van der Waals surface area (Å²) in [7, 11) is 0. The molecule has 1 aromatic heterocycles. The minimum atomic E-state index is 0.203. The smallest absolute Gasteiger partial charge is 0.223 e. The predicted octanol–water partition coefficient (Wildman–Crippen LogP) is 1.50. The molecule has 16 heavy (non-hydrogen) atoms. The molecule has 0 atom stereocenters. The molecule has 0 unspecified atom stereocenters. The van der Waals surface area contributed by atoms with Crippen LogP contribution >= 0.6 is 22.6 Å². The summed E-state index contributed by atoms with van der Waals surface area (Å²) in [6.07, 6.45) is 2.12. The maximum absolute atomic E-state index is 11.3. The summed E-state index contributed by atoms with van der Waals surface area (Å²) in [5, 5.41) is 6.12. The van der Waals surface area contributed by atoms with Crippen molar-refractivity contribution in [2.24, 2.45) is 5.92 Å². The van der Waals surface area contributed by atoms with Crippen molar-refractivity contribution >= 4 is 28.5 Å². The molecule has 1 saturated carbocycles. The number of rotatable bonds is 6. The zero-order valence-electron chi connectivity index (χ0n) is 8.96. The lowest BCUT2D eigenvalue weighted by Crippen LogP contribution is -2.32. The lowest BCUT2D eigenvalue weighted by molar-refractivity contribution is -0.122. The zero-order valence-corrected chi connectivity index (χ0v) is 11.1. The van der Waals surface area contributed by atoms with Crippen LogP contribution in [0.2, 0.25) is 0 Å². The van der Waals surface area contributed by atoms with E-state index >= 15 is 0 Å². The van der Waals surface area contributed by atoms with Crippen LogP contribution in [0.5, 0.6) is 0 Å². The maximum atomic E-state index is 11.3. The number of hydrogen-bond acceptors (Lipinski definition) is 3. The highest BCUT2D eigenvalue weighted by molar-refractivity contribution is 14.1. The number of furan rings is 1. The van der Waals surface area contributed by atoms with E-state index in [1.165, 1.54) is 0 Å². The van der Waals surface area contributed by atoms with Crippen LogP contribution in [0.1, 0.15) is 18.6 Å². The van der Waals surface area contributed by atoms with Crippen molar-refractivity contribution in [2.45, 2.75) is 19.4 Å². The number of nitrogens with one attached hydrogen (secondary N) is 2. The molecule has 1 aliphatic carbocycles. The summed E-state index contributed by atoms with van der Waals surface area (Å²) < 4.78 is 6.30. The number of hydrogen-bond donors (Lipinski definition) is 2. The van der Waals surface area contributed by atoms with Crippen molar-refractivity contribution in [3.63, 3.8) is 0 Å². The van der Waals surface area contributed by atoms with E-state index in [0.717, 1.165) is 28.9 Å². The molecule has 0 aliphatic heterocycles. The number of halogens is 1. The van der Waals surface area contributed by atoms with Gasteiger partial charge in [-0.05, 0) is 47.6 Å². The van der Waals surface area contributed by atoms with Crippen LogP contribution in [0.25, 0.3) is 0 Å². The summed E-state index contributed by atoms with van der Waals surface area (Å²) in [6, 6.07) is 3.89. The van der Waals surface area contributed by atoms with Crippen molar-refractivity contribution in [3.05, 3.63) is 21.7 Å². The molecule has 5 heteroatoms. The van der Waals surface area contributed by atoms with E-state index in [-0.39, 0.29) is 5.91 Å². The first kappa shape index (κ1) is 11.9. The molecule has 88 valence electrons. The van der Waals surface area contributed by atoms with Gasteiger partial charge in [-0.25, -0.2) is 0 Å². The summed E-state index contributed by atoms with van der Waals surface area (Å²) in [6.45, 7) is 2.17. The van der Waals surface area contributed by atoms with Crippen LogP contribution in [0.4, 0.5) is 0 Å². The van der Waals surface area contributed by atoms with Gasteiger partial charge in [0.1, 0.15) is 5.76 Å².